The third-order valence-electron chi connectivity index (χ3n) is 0.630. The van der Waals surface area contributed by atoms with Gasteiger partial charge in [-0.1, -0.05) is 22.0 Å². The summed E-state index contributed by atoms with van der Waals surface area (Å²) in [6.07, 6.45) is 0.935. The minimum Gasteiger partial charge on any atom is -0.152 e. The van der Waals surface area contributed by atoms with E-state index in [1.54, 1.807) is 11.3 Å². The van der Waals surface area contributed by atoms with Crippen molar-refractivity contribution in [3.05, 3.63) is 16.8 Å². The normalized spacial score (nSPS) is 11.0. The fourth-order valence-corrected chi connectivity index (χ4v) is 3.18. The molecule has 1 aromatic rings. The Morgan fingerprint density at radius 1 is 1.71 bits per heavy atom. The summed E-state index contributed by atoms with van der Waals surface area (Å²) in [7, 11) is 0. The summed E-state index contributed by atoms with van der Waals surface area (Å²) in [4.78, 5) is 0. The predicted molar refractivity (Wildman–Crippen MR) is 46.3 cm³/mol. The highest BCUT2D eigenvalue weighted by Gasteiger charge is 1.83. The Hall–Kier alpha value is 0.860. The molecule has 1 unspecified atom stereocenters. The van der Waals surface area contributed by atoms with Gasteiger partial charge in [-0.3, -0.25) is 0 Å². The van der Waals surface area contributed by atoms with E-state index in [2.05, 4.69) is 38.9 Å². The highest BCUT2D eigenvalue weighted by molar-refractivity contribution is 14.2. The van der Waals surface area contributed by atoms with Crippen molar-refractivity contribution in [1.29, 1.82) is 0 Å². The Balaban J connectivity index is 2.76. The zero-order valence-corrected chi connectivity index (χ0v) is 7.49. The van der Waals surface area contributed by atoms with Crippen molar-refractivity contribution in [2.45, 2.75) is 0 Å². The second-order valence-corrected chi connectivity index (χ2v) is 4.27. The largest absolute Gasteiger partial charge is 0.152 e. The summed E-state index contributed by atoms with van der Waals surface area (Å²) >= 11 is 4.15. The Morgan fingerprint density at radius 3 is 2.86 bits per heavy atom. The predicted octanol–water partition coefficient (Wildman–Crippen LogP) is 2.40. The molecule has 0 nitrogen and oxygen atoms in total. The average Bonchev–Trinajstić information content (AvgIpc) is 2.14. The molecule has 0 aromatic carbocycles. The number of hydrogen-bond acceptors (Lipinski definition) is 1. The van der Waals surface area contributed by atoms with Gasteiger partial charge in [-0.15, -0.1) is 0 Å². The van der Waals surface area contributed by atoms with Crippen LogP contribution in [0.5, 0.6) is 0 Å². The van der Waals surface area contributed by atoms with Crippen LogP contribution in [0.4, 0.5) is 0 Å². The lowest BCUT2D eigenvalue weighted by Gasteiger charge is -1.77. The maximum absolute atomic E-state index is 2.38. The van der Waals surface area contributed by atoms with Gasteiger partial charge in [0, 0.05) is 0 Å². The van der Waals surface area contributed by atoms with Gasteiger partial charge < -0.3 is 0 Å². The number of rotatable bonds is 1. The molecule has 0 saturated carbocycles. The van der Waals surface area contributed by atoms with Gasteiger partial charge in [0.05, 0.1) is 0 Å². The quantitative estimate of drug-likeness (QED) is 0.524. The fraction of sp³-hybridized carbons (Fsp3) is 0. The van der Waals surface area contributed by atoms with E-state index in [-0.39, 0.29) is 0 Å². The molecule has 1 atom stereocenters. The fourth-order valence-electron chi connectivity index (χ4n) is 0.318. The zero-order valence-electron chi connectivity index (χ0n) is 3.52. The molecule has 0 saturated heterocycles. The van der Waals surface area contributed by atoms with Gasteiger partial charge in [-0.25, -0.2) is 0 Å². The SMILES string of the molecule is IPc1ccsc1. The van der Waals surface area contributed by atoms with Crippen LogP contribution in [0.25, 0.3) is 0 Å². The molecule has 0 aliphatic rings. The molecule has 38 valence electrons. The van der Waals surface area contributed by atoms with Crippen molar-refractivity contribution >= 4 is 44.9 Å². The van der Waals surface area contributed by atoms with E-state index >= 15 is 0 Å². The monoisotopic (exact) mass is 242 g/mol. The molecule has 3 heteroatoms. The van der Waals surface area contributed by atoms with Crippen LogP contribution in [0, 0.1) is 0 Å². The molecule has 7 heavy (non-hydrogen) atoms. The van der Waals surface area contributed by atoms with E-state index < -0.39 is 0 Å². The van der Waals surface area contributed by atoms with Crippen LogP contribution in [-0.4, -0.2) is 0 Å². The summed E-state index contributed by atoms with van der Waals surface area (Å²) in [6, 6.07) is 2.16. The van der Waals surface area contributed by atoms with Gasteiger partial charge in [0.1, 0.15) is 0 Å². The van der Waals surface area contributed by atoms with Crippen LogP contribution in [0.1, 0.15) is 0 Å². The molecule has 1 aromatic heterocycles. The van der Waals surface area contributed by atoms with Crippen molar-refractivity contribution in [3.8, 4) is 0 Å². The summed E-state index contributed by atoms with van der Waals surface area (Å²) < 4.78 is 0. The molecule has 0 aliphatic carbocycles. The molecule has 0 amide bonds. The summed E-state index contributed by atoms with van der Waals surface area (Å²) in [5.74, 6) is 0. The van der Waals surface area contributed by atoms with Crippen LogP contribution in [-0.2, 0) is 0 Å². The van der Waals surface area contributed by atoms with Crippen molar-refractivity contribution in [3.63, 3.8) is 0 Å². The maximum Gasteiger partial charge on any atom is -0.00111 e. The van der Waals surface area contributed by atoms with Gasteiger partial charge in [0.2, 0.25) is 0 Å². The van der Waals surface area contributed by atoms with E-state index in [1.165, 1.54) is 5.30 Å². The van der Waals surface area contributed by atoms with Gasteiger partial charge in [0.25, 0.3) is 0 Å². The third kappa shape index (κ3) is 1.67. The molecule has 0 bridgehead atoms. The summed E-state index contributed by atoms with van der Waals surface area (Å²) in [6.45, 7) is 0. The van der Waals surface area contributed by atoms with Gasteiger partial charge >= 0.3 is 0 Å². The first-order valence-electron chi connectivity index (χ1n) is 1.82. The molecular formula is C4H4IPS. The van der Waals surface area contributed by atoms with Crippen LogP contribution < -0.4 is 5.30 Å². The highest BCUT2D eigenvalue weighted by atomic mass is 127. The second-order valence-electron chi connectivity index (χ2n) is 1.11. The van der Waals surface area contributed by atoms with Crippen LogP contribution in [0.15, 0.2) is 16.8 Å². The molecule has 0 spiro atoms. The Labute approximate surface area is 61.6 Å². The molecule has 0 aliphatic heterocycles. The Kier molecular flexibility index (Phi) is 2.57. The minimum atomic E-state index is 0.935. The van der Waals surface area contributed by atoms with E-state index in [4.69, 9.17) is 0 Å². The first kappa shape index (κ1) is 5.99. The topological polar surface area (TPSA) is 0 Å². The molecule has 1 heterocycles. The smallest absolute Gasteiger partial charge is 0.00111 e. The first-order valence-corrected chi connectivity index (χ1v) is 6.88. The van der Waals surface area contributed by atoms with E-state index in [1.807, 2.05) is 0 Å². The molecular weight excluding hydrogens is 238 g/mol. The van der Waals surface area contributed by atoms with Gasteiger partial charge in [-0.05, 0) is 28.4 Å². The standard InChI is InChI=1S/C4H4IPS/c5-6-4-1-2-7-3-4/h1-3,6H. The molecule has 0 N–H and O–H groups in total. The molecule has 1 rings (SSSR count). The van der Waals surface area contributed by atoms with Crippen LogP contribution >= 0.6 is 39.6 Å². The first-order chi connectivity index (χ1) is 3.43. The lowest BCUT2D eigenvalue weighted by atomic mass is 10.7. The number of halogens is 1. The number of thiophene rings is 1. The van der Waals surface area contributed by atoms with Crippen molar-refractivity contribution in [1.82, 2.24) is 0 Å². The second kappa shape index (κ2) is 3.00. The lowest BCUT2D eigenvalue weighted by molar-refractivity contribution is 2.17. The lowest BCUT2D eigenvalue weighted by Crippen LogP contribution is -1.77. The highest BCUT2D eigenvalue weighted by Crippen LogP contribution is 2.20. The Morgan fingerprint density at radius 2 is 2.57 bits per heavy atom. The summed E-state index contributed by atoms with van der Waals surface area (Å²) in [5, 5.41) is 5.76. The van der Waals surface area contributed by atoms with Crippen molar-refractivity contribution < 1.29 is 0 Å². The molecule has 0 fully saturated rings. The molecule has 0 radical (unpaired) electrons. The van der Waals surface area contributed by atoms with E-state index in [0.717, 1.165) is 6.22 Å². The average molecular weight is 242 g/mol. The van der Waals surface area contributed by atoms with E-state index in [0.29, 0.717) is 0 Å². The van der Waals surface area contributed by atoms with Crippen LogP contribution in [0.2, 0.25) is 0 Å². The zero-order chi connectivity index (χ0) is 5.11. The van der Waals surface area contributed by atoms with Crippen molar-refractivity contribution in [2.75, 3.05) is 0 Å². The van der Waals surface area contributed by atoms with Crippen LogP contribution in [0.3, 0.4) is 0 Å². The maximum atomic E-state index is 2.38. The Bertz CT molecular complexity index is 126. The van der Waals surface area contributed by atoms with Gasteiger partial charge in [0.15, 0.2) is 0 Å². The number of hydrogen-bond donors (Lipinski definition) is 0. The third-order valence-corrected chi connectivity index (χ3v) is 3.92. The summed E-state index contributed by atoms with van der Waals surface area (Å²) in [5.41, 5.74) is 0. The minimum absolute atomic E-state index is 0.935. The van der Waals surface area contributed by atoms with Gasteiger partial charge in [-0.2, -0.15) is 11.3 Å². The van der Waals surface area contributed by atoms with Crippen molar-refractivity contribution in [2.24, 2.45) is 0 Å². The van der Waals surface area contributed by atoms with E-state index in [9.17, 15) is 0 Å².